The van der Waals surface area contributed by atoms with Crippen LogP contribution in [0.4, 0.5) is 0 Å². The summed E-state index contributed by atoms with van der Waals surface area (Å²) in [6.07, 6.45) is 36.4. The number of nitrogens with zero attached hydrogens (tertiary/aromatic N) is 2. The Bertz CT molecular complexity index is 664. The van der Waals surface area contributed by atoms with Gasteiger partial charge in [0.05, 0.1) is 58.5 Å². The standard InChI is InChI=1S/2C16H36N.C12H24O.H2O4S/c2*1-5-9-13-17(14-10-6-2,15-11-7-3)16-12-8-4;13-12-10-8-6-4-2-1-3-5-7-9-11-12;1-5(2,3)4/h2*5-16H2,1-4H3;12-13H,1-11H2;(H2,1,2,3,4)/q2*+1;;/p-2. The summed E-state index contributed by atoms with van der Waals surface area (Å²) in [5.41, 5.74) is 0. The van der Waals surface area contributed by atoms with Crippen molar-refractivity contribution in [3.05, 3.63) is 0 Å². The normalized spacial score (nSPS) is 15.1. The molecule has 0 aromatic heterocycles. The van der Waals surface area contributed by atoms with Gasteiger partial charge in [-0.05, 0) is 64.2 Å². The molecule has 0 aromatic carbocycles. The van der Waals surface area contributed by atoms with Gasteiger partial charge in [-0.1, -0.05) is 165 Å². The zero-order valence-electron chi connectivity index (χ0n) is 36.7. The van der Waals surface area contributed by atoms with E-state index in [2.05, 4.69) is 55.4 Å². The van der Waals surface area contributed by atoms with Gasteiger partial charge < -0.3 is 23.2 Å². The number of hydrogen-bond acceptors (Lipinski definition) is 5. The zero-order valence-corrected chi connectivity index (χ0v) is 37.5. The summed E-state index contributed by atoms with van der Waals surface area (Å²) in [7, 11) is -5.17. The van der Waals surface area contributed by atoms with Crippen molar-refractivity contribution in [2.24, 2.45) is 0 Å². The van der Waals surface area contributed by atoms with E-state index in [-0.39, 0.29) is 6.10 Å². The van der Waals surface area contributed by atoms with Crippen molar-refractivity contribution in [3.63, 3.8) is 0 Å². The summed E-state index contributed by atoms with van der Waals surface area (Å²) in [6.45, 7) is 30.0. The summed E-state index contributed by atoms with van der Waals surface area (Å²) in [4.78, 5) is 0. The van der Waals surface area contributed by atoms with Crippen LogP contribution in [-0.2, 0) is 10.4 Å². The molecule has 0 heterocycles. The molecular formula is C44H96N2O5S. The van der Waals surface area contributed by atoms with Crippen molar-refractivity contribution in [3.8, 4) is 0 Å². The fraction of sp³-hybridized carbons (Fsp3) is 1.00. The van der Waals surface area contributed by atoms with E-state index >= 15 is 0 Å². The first kappa shape index (κ1) is 56.1. The van der Waals surface area contributed by atoms with Gasteiger partial charge in [-0.15, -0.1) is 0 Å². The van der Waals surface area contributed by atoms with E-state index in [1.807, 2.05) is 0 Å². The molecule has 1 saturated carbocycles. The molecule has 0 bridgehead atoms. The van der Waals surface area contributed by atoms with Gasteiger partial charge in [-0.2, -0.15) is 0 Å². The lowest BCUT2D eigenvalue weighted by atomic mass is 10.00. The van der Waals surface area contributed by atoms with Crippen molar-refractivity contribution >= 4 is 10.4 Å². The number of unbranched alkanes of at least 4 members (excludes halogenated alkanes) is 8. The van der Waals surface area contributed by atoms with Gasteiger partial charge >= 0.3 is 0 Å². The van der Waals surface area contributed by atoms with Crippen LogP contribution >= 0.6 is 0 Å². The van der Waals surface area contributed by atoms with Gasteiger partial charge in [0, 0.05) is 10.4 Å². The lowest BCUT2D eigenvalue weighted by Gasteiger charge is -2.39. The molecule has 1 rings (SSSR count). The molecule has 0 amide bonds. The average Bonchev–Trinajstić information content (AvgIpc) is 3.11. The first-order valence-electron chi connectivity index (χ1n) is 22.9. The SMILES string of the molecule is CCCC[N+](CCCC)(CCCC)CCCC.CCCC[N+](CCCC)(CCCC)CCCC.O=S(=O)([O-])[O-].OC1CCCCCCCCCCC1. The predicted molar refractivity (Wildman–Crippen MR) is 226 cm³/mol. The molecule has 52 heavy (non-hydrogen) atoms. The van der Waals surface area contributed by atoms with Crippen LogP contribution in [0.15, 0.2) is 0 Å². The molecule has 0 saturated heterocycles. The summed E-state index contributed by atoms with van der Waals surface area (Å²) in [5.74, 6) is 0. The Balaban J connectivity index is -0.000000653. The summed E-state index contributed by atoms with van der Waals surface area (Å²) in [6, 6.07) is 0. The molecular weight excluding hydrogens is 669 g/mol. The monoisotopic (exact) mass is 765 g/mol. The van der Waals surface area contributed by atoms with Crippen molar-refractivity contribution in [2.45, 2.75) is 235 Å². The van der Waals surface area contributed by atoms with Gasteiger partial charge in [0.15, 0.2) is 0 Å². The molecule has 0 aliphatic heterocycles. The molecule has 1 N–H and O–H groups in total. The van der Waals surface area contributed by atoms with Crippen LogP contribution in [0.25, 0.3) is 0 Å². The van der Waals surface area contributed by atoms with E-state index in [1.165, 1.54) is 222 Å². The molecule has 1 aliphatic rings. The van der Waals surface area contributed by atoms with Crippen molar-refractivity contribution < 1.29 is 31.6 Å². The van der Waals surface area contributed by atoms with Crippen LogP contribution in [0.2, 0.25) is 0 Å². The highest BCUT2D eigenvalue weighted by Crippen LogP contribution is 2.19. The number of quaternary nitrogens is 2. The molecule has 1 aliphatic carbocycles. The second-order valence-corrected chi connectivity index (χ2v) is 16.9. The Kier molecular flexibility index (Phi) is 43.6. The summed E-state index contributed by atoms with van der Waals surface area (Å²) >= 11 is 0. The minimum absolute atomic E-state index is 0.000531. The van der Waals surface area contributed by atoms with E-state index in [0.29, 0.717) is 0 Å². The van der Waals surface area contributed by atoms with Crippen LogP contribution in [-0.4, -0.2) is 90.1 Å². The van der Waals surface area contributed by atoms with Crippen LogP contribution < -0.4 is 0 Å². The summed E-state index contributed by atoms with van der Waals surface area (Å²) in [5, 5.41) is 9.59. The minimum atomic E-state index is -5.17. The average molecular weight is 765 g/mol. The smallest absolute Gasteiger partial charge is 0.0786 e. The fourth-order valence-electron chi connectivity index (χ4n) is 7.43. The summed E-state index contributed by atoms with van der Waals surface area (Å²) < 4.78 is 36.9. The molecule has 0 radical (unpaired) electrons. The van der Waals surface area contributed by atoms with Crippen molar-refractivity contribution in [1.82, 2.24) is 0 Å². The van der Waals surface area contributed by atoms with Gasteiger partial charge in [-0.3, -0.25) is 8.42 Å². The van der Waals surface area contributed by atoms with Crippen LogP contribution in [0.3, 0.4) is 0 Å². The Labute approximate surface area is 328 Å². The van der Waals surface area contributed by atoms with Gasteiger partial charge in [0.2, 0.25) is 0 Å². The number of aliphatic hydroxyl groups excluding tert-OH is 1. The third-order valence-electron chi connectivity index (χ3n) is 11.0. The lowest BCUT2D eigenvalue weighted by Crippen LogP contribution is -2.50. The second kappa shape index (κ2) is 40.4. The van der Waals surface area contributed by atoms with E-state index in [9.17, 15) is 5.11 Å². The first-order chi connectivity index (χ1) is 24.9. The molecule has 8 heteroatoms. The van der Waals surface area contributed by atoms with Crippen molar-refractivity contribution in [1.29, 1.82) is 0 Å². The quantitative estimate of drug-likeness (QED) is 0.0599. The zero-order chi connectivity index (χ0) is 39.8. The second-order valence-electron chi connectivity index (χ2n) is 16.1. The lowest BCUT2D eigenvalue weighted by molar-refractivity contribution is -0.929. The molecule has 0 atom stereocenters. The number of aliphatic hydroxyl groups is 1. The molecule has 0 unspecified atom stereocenters. The molecule has 7 nitrogen and oxygen atoms in total. The van der Waals surface area contributed by atoms with Gasteiger partial charge in [-0.25, -0.2) is 0 Å². The minimum Gasteiger partial charge on any atom is -0.759 e. The van der Waals surface area contributed by atoms with Crippen LogP contribution in [0.5, 0.6) is 0 Å². The Hall–Kier alpha value is -0.250. The predicted octanol–water partition coefficient (Wildman–Crippen LogP) is 12.3. The fourth-order valence-corrected chi connectivity index (χ4v) is 7.43. The number of rotatable bonds is 24. The van der Waals surface area contributed by atoms with E-state index in [4.69, 9.17) is 17.5 Å². The molecule has 318 valence electrons. The number of hydrogen-bond donors (Lipinski definition) is 1. The third kappa shape index (κ3) is 40.9. The Morgan fingerprint density at radius 3 is 0.712 bits per heavy atom. The maximum Gasteiger partial charge on any atom is 0.0786 e. The maximum atomic E-state index is 9.59. The highest BCUT2D eigenvalue weighted by Gasteiger charge is 2.25. The maximum absolute atomic E-state index is 9.59. The molecule has 1 fully saturated rings. The van der Waals surface area contributed by atoms with E-state index in [1.54, 1.807) is 0 Å². The molecule has 0 spiro atoms. The van der Waals surface area contributed by atoms with Gasteiger partial charge in [0.25, 0.3) is 0 Å². The Morgan fingerprint density at radius 2 is 0.558 bits per heavy atom. The Morgan fingerprint density at radius 1 is 0.404 bits per heavy atom. The highest BCUT2D eigenvalue weighted by atomic mass is 32.3. The first-order valence-corrected chi connectivity index (χ1v) is 24.3. The molecule has 0 aromatic rings. The van der Waals surface area contributed by atoms with Gasteiger partial charge in [0.1, 0.15) is 0 Å². The highest BCUT2D eigenvalue weighted by molar-refractivity contribution is 7.79. The van der Waals surface area contributed by atoms with Crippen molar-refractivity contribution in [2.75, 3.05) is 52.4 Å². The third-order valence-corrected chi connectivity index (χ3v) is 11.0. The topological polar surface area (TPSA) is 100 Å². The van der Waals surface area contributed by atoms with Crippen LogP contribution in [0.1, 0.15) is 229 Å². The van der Waals surface area contributed by atoms with E-state index in [0.717, 1.165) is 12.8 Å². The largest absolute Gasteiger partial charge is 0.759 e. The van der Waals surface area contributed by atoms with Crippen LogP contribution in [0, 0.1) is 0 Å². The van der Waals surface area contributed by atoms with E-state index < -0.39 is 10.4 Å².